The number of ether oxygens (including phenoxy) is 2. The van der Waals surface area contributed by atoms with Gasteiger partial charge in [0.15, 0.2) is 0 Å². The Bertz CT molecular complexity index is 412. The number of alkyl halides is 4. The molecule has 0 aliphatic heterocycles. The Balaban J connectivity index is 2.50. The van der Waals surface area contributed by atoms with E-state index >= 15 is 0 Å². The second-order valence-electron chi connectivity index (χ2n) is 4.10. The van der Waals surface area contributed by atoms with Gasteiger partial charge in [0.25, 0.3) is 0 Å². The highest BCUT2D eigenvalue weighted by atomic mass is 19.3. The molecule has 1 aromatic rings. The van der Waals surface area contributed by atoms with Crippen molar-refractivity contribution in [2.45, 2.75) is 25.4 Å². The van der Waals surface area contributed by atoms with Gasteiger partial charge in [-0.05, 0) is 24.6 Å². The van der Waals surface area contributed by atoms with Crippen LogP contribution in [0, 0.1) is 0 Å². The molecule has 7 heteroatoms. The van der Waals surface area contributed by atoms with E-state index in [9.17, 15) is 22.7 Å². The zero-order chi connectivity index (χ0) is 15.2. The molecule has 3 nitrogen and oxygen atoms in total. The third kappa shape index (κ3) is 4.97. The second-order valence-corrected chi connectivity index (χ2v) is 4.10. The summed E-state index contributed by atoms with van der Waals surface area (Å²) >= 11 is 0. The van der Waals surface area contributed by atoms with E-state index in [2.05, 4.69) is 4.74 Å². The van der Waals surface area contributed by atoms with Crippen LogP contribution in [0.15, 0.2) is 24.3 Å². The van der Waals surface area contributed by atoms with Crippen LogP contribution in [0.2, 0.25) is 0 Å². The Kier molecular flexibility index (Phi) is 6.22. The lowest BCUT2D eigenvalue weighted by atomic mass is 10.1. The quantitative estimate of drug-likeness (QED) is 0.749. The molecule has 0 saturated carbocycles. The van der Waals surface area contributed by atoms with Gasteiger partial charge in [-0.2, -0.15) is 8.78 Å². The Hall–Kier alpha value is -1.34. The molecule has 0 aliphatic carbocycles. The van der Waals surface area contributed by atoms with Crippen molar-refractivity contribution in [3.05, 3.63) is 29.8 Å². The van der Waals surface area contributed by atoms with Crippen LogP contribution in [0.25, 0.3) is 0 Å². The van der Waals surface area contributed by atoms with Gasteiger partial charge in [-0.3, -0.25) is 0 Å². The predicted molar refractivity (Wildman–Crippen MR) is 64.3 cm³/mol. The van der Waals surface area contributed by atoms with Crippen molar-refractivity contribution in [2.75, 3.05) is 19.8 Å². The Morgan fingerprint density at radius 1 is 1.30 bits per heavy atom. The van der Waals surface area contributed by atoms with E-state index in [0.29, 0.717) is 17.9 Å². The lowest BCUT2D eigenvalue weighted by Crippen LogP contribution is -2.33. The van der Waals surface area contributed by atoms with Crippen LogP contribution in [-0.2, 0) is 4.74 Å². The summed E-state index contributed by atoms with van der Waals surface area (Å²) in [6.45, 7) is 0.292. The fraction of sp³-hybridized carbons (Fsp3) is 0.538. The average Bonchev–Trinajstić information content (AvgIpc) is 2.39. The molecule has 1 atom stereocenters. The molecule has 20 heavy (non-hydrogen) atoms. The number of rotatable bonds is 8. The van der Waals surface area contributed by atoms with Gasteiger partial charge in [-0.25, -0.2) is 8.78 Å². The maximum absolute atomic E-state index is 12.6. The van der Waals surface area contributed by atoms with Crippen molar-refractivity contribution in [3.8, 4) is 5.75 Å². The van der Waals surface area contributed by atoms with Gasteiger partial charge in [0, 0.05) is 0 Å². The summed E-state index contributed by atoms with van der Waals surface area (Å²) < 4.78 is 58.6. The highest BCUT2D eigenvalue weighted by molar-refractivity contribution is 5.29. The number of hydrogen-bond acceptors (Lipinski definition) is 3. The average molecular weight is 296 g/mol. The van der Waals surface area contributed by atoms with Crippen molar-refractivity contribution in [1.82, 2.24) is 0 Å². The van der Waals surface area contributed by atoms with Gasteiger partial charge in [0.1, 0.15) is 18.5 Å². The monoisotopic (exact) mass is 296 g/mol. The van der Waals surface area contributed by atoms with Crippen LogP contribution in [0.3, 0.4) is 0 Å². The molecule has 0 aromatic heterocycles. The summed E-state index contributed by atoms with van der Waals surface area (Å²) in [5.41, 5.74) is 0.399. The van der Waals surface area contributed by atoms with E-state index in [4.69, 9.17) is 4.74 Å². The number of hydrogen-bond donors (Lipinski definition) is 1. The normalized spacial score (nSPS) is 13.6. The van der Waals surface area contributed by atoms with E-state index in [1.807, 2.05) is 0 Å². The van der Waals surface area contributed by atoms with Crippen molar-refractivity contribution in [2.24, 2.45) is 0 Å². The summed E-state index contributed by atoms with van der Waals surface area (Å²) in [5.74, 6) is -3.70. The lowest BCUT2D eigenvalue weighted by molar-refractivity contribution is -0.170. The van der Waals surface area contributed by atoms with Crippen molar-refractivity contribution in [1.29, 1.82) is 0 Å². The van der Waals surface area contributed by atoms with Gasteiger partial charge in [0.05, 0.1) is 13.2 Å². The number of halogens is 4. The highest BCUT2D eigenvalue weighted by Gasteiger charge is 2.41. The van der Waals surface area contributed by atoms with Gasteiger partial charge in [-0.15, -0.1) is 0 Å². The van der Waals surface area contributed by atoms with E-state index in [0.717, 1.165) is 0 Å². The maximum atomic E-state index is 12.6. The Labute approximate surface area is 114 Å². The third-order valence-electron chi connectivity index (χ3n) is 2.44. The number of aliphatic hydroxyl groups excluding tert-OH is 1. The second kappa shape index (κ2) is 7.44. The molecule has 0 bridgehead atoms. The molecule has 0 amide bonds. The SMILES string of the molecule is CCOc1cccc(C(O)COCC(F)(F)C(F)F)c1. The molecule has 0 aliphatic rings. The molecule has 0 fully saturated rings. The third-order valence-corrected chi connectivity index (χ3v) is 2.44. The summed E-state index contributed by atoms with van der Waals surface area (Å²) in [6, 6.07) is 6.38. The Morgan fingerprint density at radius 2 is 2.00 bits per heavy atom. The van der Waals surface area contributed by atoms with Crippen molar-refractivity contribution >= 4 is 0 Å². The van der Waals surface area contributed by atoms with Gasteiger partial charge in [-0.1, -0.05) is 12.1 Å². The fourth-order valence-corrected chi connectivity index (χ4v) is 1.44. The first-order chi connectivity index (χ1) is 9.36. The van der Waals surface area contributed by atoms with Gasteiger partial charge >= 0.3 is 12.3 Å². The molecule has 0 saturated heterocycles. The maximum Gasteiger partial charge on any atom is 0.330 e. The summed E-state index contributed by atoms with van der Waals surface area (Å²) in [5, 5.41) is 9.74. The minimum absolute atomic E-state index is 0.399. The minimum atomic E-state index is -4.22. The predicted octanol–water partition coefficient (Wildman–Crippen LogP) is 3.04. The molecule has 1 rings (SSSR count). The van der Waals surface area contributed by atoms with Crippen LogP contribution < -0.4 is 4.74 Å². The molecular weight excluding hydrogens is 280 g/mol. The molecular formula is C13H16F4O3. The lowest BCUT2D eigenvalue weighted by Gasteiger charge is -2.17. The van der Waals surface area contributed by atoms with Gasteiger partial charge in [0.2, 0.25) is 0 Å². The number of aliphatic hydroxyl groups is 1. The number of benzene rings is 1. The van der Waals surface area contributed by atoms with Crippen LogP contribution in [0.4, 0.5) is 17.6 Å². The van der Waals surface area contributed by atoms with Crippen molar-refractivity contribution < 1.29 is 32.1 Å². The van der Waals surface area contributed by atoms with Crippen LogP contribution in [0.1, 0.15) is 18.6 Å². The highest BCUT2D eigenvalue weighted by Crippen LogP contribution is 2.24. The summed E-state index contributed by atoms with van der Waals surface area (Å²) in [6.07, 6.45) is -4.98. The van der Waals surface area contributed by atoms with Crippen molar-refractivity contribution in [3.63, 3.8) is 0 Å². The van der Waals surface area contributed by atoms with Gasteiger partial charge < -0.3 is 14.6 Å². The van der Waals surface area contributed by atoms with Crippen LogP contribution in [-0.4, -0.2) is 37.3 Å². The summed E-state index contributed by atoms with van der Waals surface area (Å²) in [7, 11) is 0. The zero-order valence-corrected chi connectivity index (χ0v) is 10.9. The van der Waals surface area contributed by atoms with E-state index < -0.39 is 31.7 Å². The fourth-order valence-electron chi connectivity index (χ4n) is 1.44. The summed E-state index contributed by atoms with van der Waals surface area (Å²) in [4.78, 5) is 0. The van der Waals surface area contributed by atoms with E-state index in [1.165, 1.54) is 6.07 Å². The molecule has 1 unspecified atom stereocenters. The first-order valence-corrected chi connectivity index (χ1v) is 6.01. The molecule has 1 N–H and O–H groups in total. The van der Waals surface area contributed by atoms with E-state index in [1.54, 1.807) is 25.1 Å². The Morgan fingerprint density at radius 3 is 2.60 bits per heavy atom. The van der Waals surface area contributed by atoms with E-state index in [-0.39, 0.29) is 0 Å². The topological polar surface area (TPSA) is 38.7 Å². The largest absolute Gasteiger partial charge is 0.494 e. The molecule has 0 spiro atoms. The first-order valence-electron chi connectivity index (χ1n) is 6.01. The molecule has 0 radical (unpaired) electrons. The minimum Gasteiger partial charge on any atom is -0.494 e. The van der Waals surface area contributed by atoms with Crippen LogP contribution >= 0.6 is 0 Å². The molecule has 0 heterocycles. The van der Waals surface area contributed by atoms with Crippen LogP contribution in [0.5, 0.6) is 5.75 Å². The standard InChI is InChI=1S/C13H16F4O3/c1-2-20-10-5-3-4-9(6-10)11(18)7-19-8-13(16,17)12(14)15/h3-6,11-12,18H,2,7-8H2,1H3. The smallest absolute Gasteiger partial charge is 0.330 e. The molecule has 1 aromatic carbocycles. The zero-order valence-electron chi connectivity index (χ0n) is 10.9. The first kappa shape index (κ1) is 16.7. The molecule has 114 valence electrons.